The number of rotatable bonds is 1. The van der Waals surface area contributed by atoms with Crippen molar-refractivity contribution in [3.05, 3.63) is 48.0 Å². The van der Waals surface area contributed by atoms with Crippen LogP contribution in [0.2, 0.25) is 0 Å². The zero-order chi connectivity index (χ0) is 10.3. The third kappa shape index (κ3) is 0.806. The molecule has 0 N–H and O–H groups in total. The van der Waals surface area contributed by atoms with Gasteiger partial charge in [-0.25, -0.2) is 0 Å². The van der Waals surface area contributed by atoms with Gasteiger partial charge in [0.05, 0.1) is 0 Å². The van der Waals surface area contributed by atoms with E-state index in [1.54, 1.807) is 5.56 Å². The predicted octanol–water partition coefficient (Wildman–Crippen LogP) is 3.47. The zero-order valence-electron chi connectivity index (χ0n) is 9.29. The minimum Gasteiger partial charge on any atom is -0.0845 e. The molecule has 4 aliphatic rings. The molecule has 0 heteroatoms. The first-order valence-corrected chi connectivity index (χ1v) is 6.68. The Kier molecular flexibility index (Phi) is 1.24. The van der Waals surface area contributed by atoms with Gasteiger partial charge < -0.3 is 0 Å². The fourth-order valence-corrected chi connectivity index (χ4v) is 4.97. The number of allylic oxidation sites excluding steroid dienone is 2. The van der Waals surface area contributed by atoms with Crippen LogP contribution >= 0.6 is 0 Å². The maximum absolute atomic E-state index is 2.57. The predicted molar refractivity (Wildman–Crippen MR) is 63.9 cm³/mol. The average Bonchev–Trinajstić information content (AvgIpc) is 3.19. The summed E-state index contributed by atoms with van der Waals surface area (Å²) in [6, 6.07) is 11.3. The van der Waals surface area contributed by atoms with Gasteiger partial charge >= 0.3 is 0 Å². The maximum Gasteiger partial charge on any atom is -0.00592 e. The van der Waals surface area contributed by atoms with E-state index in [0.717, 1.165) is 41.4 Å². The highest BCUT2D eigenvalue weighted by molar-refractivity contribution is 5.37. The van der Waals surface area contributed by atoms with Gasteiger partial charge in [-0.05, 0) is 53.4 Å². The second kappa shape index (κ2) is 2.45. The molecule has 2 bridgehead atoms. The molecule has 0 amide bonds. The molecule has 5 rings (SSSR count). The summed E-state index contributed by atoms with van der Waals surface area (Å²) in [5.41, 5.74) is 1.61. The Morgan fingerprint density at radius 3 is 2.50 bits per heavy atom. The van der Waals surface area contributed by atoms with Crippen molar-refractivity contribution >= 4 is 0 Å². The molecule has 4 aliphatic carbocycles. The van der Waals surface area contributed by atoms with Gasteiger partial charge in [0.25, 0.3) is 0 Å². The van der Waals surface area contributed by atoms with Crippen molar-refractivity contribution in [3.8, 4) is 0 Å². The standard InChI is InChI=1S/C16H16/c1-2-4-9(5-3-1)14-10-6-7-11-15(16(11)14)13-8-12(10)13/h1-7,10-16H,8H2/t10-,11?,12-,13-,14+,15+,16?/m0/s1. The van der Waals surface area contributed by atoms with Crippen LogP contribution in [-0.2, 0) is 0 Å². The quantitative estimate of drug-likeness (QED) is 0.620. The summed E-state index contributed by atoms with van der Waals surface area (Å²) in [6.07, 6.45) is 6.65. The Morgan fingerprint density at radius 2 is 1.62 bits per heavy atom. The Bertz CT molecular complexity index is 472. The van der Waals surface area contributed by atoms with Gasteiger partial charge in [0.2, 0.25) is 0 Å². The smallest absolute Gasteiger partial charge is 0.00592 e. The van der Waals surface area contributed by atoms with E-state index >= 15 is 0 Å². The van der Waals surface area contributed by atoms with Gasteiger partial charge in [-0.1, -0.05) is 42.5 Å². The van der Waals surface area contributed by atoms with E-state index < -0.39 is 0 Å². The Labute approximate surface area is 96.4 Å². The van der Waals surface area contributed by atoms with Gasteiger partial charge in [-0.3, -0.25) is 0 Å². The number of hydrogen-bond acceptors (Lipinski definition) is 0. The van der Waals surface area contributed by atoms with Crippen molar-refractivity contribution in [2.45, 2.75) is 12.3 Å². The summed E-state index contributed by atoms with van der Waals surface area (Å²) >= 11 is 0. The average molecular weight is 208 g/mol. The summed E-state index contributed by atoms with van der Waals surface area (Å²) in [5, 5.41) is 0. The Balaban J connectivity index is 1.64. The largest absolute Gasteiger partial charge is 0.0845 e. The van der Waals surface area contributed by atoms with Crippen molar-refractivity contribution in [2.24, 2.45) is 35.5 Å². The van der Waals surface area contributed by atoms with Crippen molar-refractivity contribution in [1.29, 1.82) is 0 Å². The molecule has 3 fully saturated rings. The molecule has 2 unspecified atom stereocenters. The first kappa shape index (κ1) is 8.11. The molecule has 7 atom stereocenters. The van der Waals surface area contributed by atoms with Crippen molar-refractivity contribution in [1.82, 2.24) is 0 Å². The Morgan fingerprint density at radius 1 is 0.812 bits per heavy atom. The van der Waals surface area contributed by atoms with Crippen LogP contribution in [0.5, 0.6) is 0 Å². The normalized spacial score (nSPS) is 54.4. The highest BCUT2D eigenvalue weighted by Crippen LogP contribution is 2.77. The fraction of sp³-hybridized carbons (Fsp3) is 0.500. The first-order chi connectivity index (χ1) is 7.95. The van der Waals surface area contributed by atoms with Crippen LogP contribution in [0.4, 0.5) is 0 Å². The van der Waals surface area contributed by atoms with E-state index in [2.05, 4.69) is 42.5 Å². The van der Waals surface area contributed by atoms with Crippen LogP contribution in [0.15, 0.2) is 42.5 Å². The number of hydrogen-bond donors (Lipinski definition) is 0. The molecule has 0 nitrogen and oxygen atoms in total. The summed E-state index contributed by atoms with van der Waals surface area (Å²) < 4.78 is 0. The molecule has 0 aliphatic heterocycles. The SMILES string of the molecule is C1=C[C@H]2[C@@H]3C[C@@H]3[C@H]3C1C3[C@@H]2c1ccccc1. The molecule has 1 aromatic carbocycles. The molecule has 0 radical (unpaired) electrons. The molecule has 80 valence electrons. The summed E-state index contributed by atoms with van der Waals surface area (Å²) in [5.74, 6) is 6.97. The lowest BCUT2D eigenvalue weighted by Gasteiger charge is -2.31. The fourth-order valence-electron chi connectivity index (χ4n) is 4.97. The van der Waals surface area contributed by atoms with Crippen LogP contribution in [0.1, 0.15) is 17.9 Å². The molecular weight excluding hydrogens is 192 g/mol. The molecule has 0 spiro atoms. The van der Waals surface area contributed by atoms with Crippen LogP contribution in [0.25, 0.3) is 0 Å². The van der Waals surface area contributed by atoms with Gasteiger partial charge in [0.15, 0.2) is 0 Å². The van der Waals surface area contributed by atoms with Gasteiger partial charge in [-0.15, -0.1) is 0 Å². The van der Waals surface area contributed by atoms with Gasteiger partial charge in [0.1, 0.15) is 0 Å². The summed E-state index contributed by atoms with van der Waals surface area (Å²) in [4.78, 5) is 0. The maximum atomic E-state index is 2.57. The minimum absolute atomic E-state index is 0.866. The number of benzene rings is 1. The van der Waals surface area contributed by atoms with E-state index in [9.17, 15) is 0 Å². The van der Waals surface area contributed by atoms with Gasteiger partial charge in [-0.2, -0.15) is 0 Å². The topological polar surface area (TPSA) is 0 Å². The van der Waals surface area contributed by atoms with Gasteiger partial charge in [0, 0.05) is 0 Å². The van der Waals surface area contributed by atoms with Crippen molar-refractivity contribution in [3.63, 3.8) is 0 Å². The second-order valence-corrected chi connectivity index (χ2v) is 6.19. The molecule has 0 aromatic heterocycles. The molecule has 3 saturated carbocycles. The highest BCUT2D eigenvalue weighted by atomic mass is 14.7. The van der Waals surface area contributed by atoms with Crippen molar-refractivity contribution < 1.29 is 0 Å². The Hall–Kier alpha value is -1.04. The summed E-state index contributed by atoms with van der Waals surface area (Å²) in [7, 11) is 0. The van der Waals surface area contributed by atoms with Crippen LogP contribution in [0, 0.1) is 35.5 Å². The molecule has 0 heterocycles. The molecular formula is C16H16. The summed E-state index contributed by atoms with van der Waals surface area (Å²) in [6.45, 7) is 0. The number of fused-ring (bicyclic) bond motifs is 5. The zero-order valence-corrected chi connectivity index (χ0v) is 9.29. The highest BCUT2D eigenvalue weighted by Gasteiger charge is 2.70. The lowest BCUT2D eigenvalue weighted by molar-refractivity contribution is 0.320. The van der Waals surface area contributed by atoms with E-state index in [0.29, 0.717) is 0 Å². The minimum atomic E-state index is 0.866. The second-order valence-electron chi connectivity index (χ2n) is 6.19. The van der Waals surface area contributed by atoms with Crippen molar-refractivity contribution in [2.75, 3.05) is 0 Å². The lowest BCUT2D eigenvalue weighted by Crippen LogP contribution is -2.22. The third-order valence-electron chi connectivity index (χ3n) is 5.64. The first-order valence-electron chi connectivity index (χ1n) is 6.68. The van der Waals surface area contributed by atoms with E-state index in [4.69, 9.17) is 0 Å². The van der Waals surface area contributed by atoms with Crippen LogP contribution in [-0.4, -0.2) is 0 Å². The van der Waals surface area contributed by atoms with Crippen LogP contribution < -0.4 is 0 Å². The molecule has 0 saturated heterocycles. The molecule has 16 heavy (non-hydrogen) atoms. The third-order valence-corrected chi connectivity index (χ3v) is 5.64. The van der Waals surface area contributed by atoms with E-state index in [1.165, 1.54) is 6.42 Å². The van der Waals surface area contributed by atoms with E-state index in [1.807, 2.05) is 0 Å². The van der Waals surface area contributed by atoms with Crippen LogP contribution in [0.3, 0.4) is 0 Å². The monoisotopic (exact) mass is 208 g/mol. The lowest BCUT2D eigenvalue weighted by atomic mass is 9.73. The van der Waals surface area contributed by atoms with E-state index in [-0.39, 0.29) is 0 Å². The molecule has 1 aromatic rings.